The molecule has 2 heterocycles. The Kier molecular flexibility index (Phi) is 1.81. The minimum absolute atomic E-state index is 0.172. The van der Waals surface area contributed by atoms with Crippen LogP contribution >= 0.6 is 12.8 Å². The number of anilines is 1. The summed E-state index contributed by atoms with van der Waals surface area (Å²) < 4.78 is 0.938. The van der Waals surface area contributed by atoms with Crippen molar-refractivity contribution in [2.45, 2.75) is 0 Å². The SMILES string of the molecule is Nc1cc(=O)c2cn(S)c(=O)nc2[nH]1. The van der Waals surface area contributed by atoms with Crippen LogP contribution in [0.3, 0.4) is 0 Å². The fourth-order valence-corrected chi connectivity index (χ4v) is 1.27. The van der Waals surface area contributed by atoms with Crippen molar-refractivity contribution in [1.82, 2.24) is 13.9 Å². The number of nitrogens with zero attached hydrogens (tertiary/aromatic N) is 2. The van der Waals surface area contributed by atoms with Crippen LogP contribution in [-0.2, 0) is 0 Å². The molecule has 72 valence electrons. The monoisotopic (exact) mass is 210 g/mol. The molecule has 0 fully saturated rings. The maximum absolute atomic E-state index is 11.4. The molecule has 2 rings (SSSR count). The third-order valence-electron chi connectivity index (χ3n) is 1.72. The summed E-state index contributed by atoms with van der Waals surface area (Å²) in [5, 5.41) is 0.272. The summed E-state index contributed by atoms with van der Waals surface area (Å²) in [6.07, 6.45) is 1.30. The van der Waals surface area contributed by atoms with E-state index < -0.39 is 5.69 Å². The van der Waals surface area contributed by atoms with Crippen LogP contribution in [0, 0.1) is 0 Å². The molecule has 0 aromatic carbocycles. The van der Waals surface area contributed by atoms with Crippen LogP contribution in [0.2, 0.25) is 0 Å². The maximum Gasteiger partial charge on any atom is 0.359 e. The van der Waals surface area contributed by atoms with Crippen molar-refractivity contribution in [3.8, 4) is 0 Å². The Balaban J connectivity index is 3.04. The molecule has 0 saturated heterocycles. The van der Waals surface area contributed by atoms with E-state index in [4.69, 9.17) is 5.73 Å². The molecule has 0 aliphatic rings. The molecule has 0 radical (unpaired) electrons. The quantitative estimate of drug-likeness (QED) is 0.504. The largest absolute Gasteiger partial charge is 0.385 e. The lowest BCUT2D eigenvalue weighted by Gasteiger charge is -1.99. The Labute approximate surface area is 82.9 Å². The number of pyridine rings is 1. The number of nitrogens with two attached hydrogens (primary N) is 1. The lowest BCUT2D eigenvalue weighted by molar-refractivity contribution is 1.05. The van der Waals surface area contributed by atoms with E-state index in [-0.39, 0.29) is 22.3 Å². The van der Waals surface area contributed by atoms with Crippen molar-refractivity contribution >= 4 is 29.7 Å². The summed E-state index contributed by atoms with van der Waals surface area (Å²) in [6.45, 7) is 0. The van der Waals surface area contributed by atoms with Crippen molar-refractivity contribution in [3.63, 3.8) is 0 Å². The van der Waals surface area contributed by atoms with E-state index in [0.29, 0.717) is 0 Å². The van der Waals surface area contributed by atoms with Gasteiger partial charge in [0.1, 0.15) is 11.5 Å². The number of H-pyrrole nitrogens is 1. The molecule has 0 bridgehead atoms. The Hall–Kier alpha value is -1.76. The highest BCUT2D eigenvalue weighted by Crippen LogP contribution is 2.03. The molecule has 0 unspecified atom stereocenters. The van der Waals surface area contributed by atoms with E-state index in [1.165, 1.54) is 12.3 Å². The second kappa shape index (κ2) is 2.88. The number of fused-ring (bicyclic) bond motifs is 1. The molecule has 3 N–H and O–H groups in total. The first-order chi connectivity index (χ1) is 6.58. The molecule has 0 aliphatic carbocycles. The number of aromatic amines is 1. The van der Waals surface area contributed by atoms with E-state index in [9.17, 15) is 9.59 Å². The molecule has 0 amide bonds. The van der Waals surface area contributed by atoms with Crippen LogP contribution < -0.4 is 16.9 Å². The van der Waals surface area contributed by atoms with Gasteiger partial charge in [0, 0.05) is 12.3 Å². The second-order valence-corrected chi connectivity index (χ2v) is 3.15. The standard InChI is InChI=1S/C7H6N4O2S/c8-5-1-4(12)3-2-11(14)7(13)10-6(3)9-5/h1-2,14H,8H2,(H,9,10,13). The topological polar surface area (TPSA) is 93.8 Å². The minimum Gasteiger partial charge on any atom is -0.385 e. The van der Waals surface area contributed by atoms with Crippen LogP contribution in [0.25, 0.3) is 11.0 Å². The first kappa shape index (κ1) is 8.82. The van der Waals surface area contributed by atoms with Gasteiger partial charge in [0.15, 0.2) is 5.43 Å². The first-order valence-corrected chi connectivity index (χ1v) is 4.09. The Morgan fingerprint density at radius 1 is 1.50 bits per heavy atom. The van der Waals surface area contributed by atoms with Crippen molar-refractivity contribution < 1.29 is 0 Å². The molecule has 14 heavy (non-hydrogen) atoms. The van der Waals surface area contributed by atoms with Gasteiger partial charge in [0.2, 0.25) is 0 Å². The molecular formula is C7H6N4O2S. The fourth-order valence-electron chi connectivity index (χ4n) is 1.11. The van der Waals surface area contributed by atoms with Gasteiger partial charge >= 0.3 is 5.69 Å². The highest BCUT2D eigenvalue weighted by molar-refractivity contribution is 7.78. The molecule has 2 aromatic rings. The Morgan fingerprint density at radius 2 is 2.21 bits per heavy atom. The van der Waals surface area contributed by atoms with E-state index in [1.54, 1.807) is 0 Å². The van der Waals surface area contributed by atoms with Crippen LogP contribution in [0.15, 0.2) is 21.9 Å². The summed E-state index contributed by atoms with van der Waals surface area (Å²) in [4.78, 5) is 28.7. The van der Waals surface area contributed by atoms with Gasteiger partial charge in [-0.2, -0.15) is 4.98 Å². The van der Waals surface area contributed by atoms with E-state index in [0.717, 1.165) is 3.97 Å². The number of aromatic nitrogens is 3. The number of nitrogens with one attached hydrogen (secondary N) is 1. The fraction of sp³-hybridized carbons (Fsp3) is 0. The van der Waals surface area contributed by atoms with E-state index >= 15 is 0 Å². The zero-order chi connectivity index (χ0) is 10.3. The molecule has 0 saturated carbocycles. The lowest BCUT2D eigenvalue weighted by atomic mass is 10.3. The van der Waals surface area contributed by atoms with Gasteiger partial charge in [0.25, 0.3) is 0 Å². The summed E-state index contributed by atoms with van der Waals surface area (Å²) in [7, 11) is 0. The smallest absolute Gasteiger partial charge is 0.359 e. The molecule has 0 spiro atoms. The molecule has 2 aromatic heterocycles. The third kappa shape index (κ3) is 1.27. The highest BCUT2D eigenvalue weighted by Gasteiger charge is 2.03. The summed E-state index contributed by atoms with van der Waals surface area (Å²) in [5.74, 6) is 0.173. The molecule has 0 aliphatic heterocycles. The third-order valence-corrected chi connectivity index (χ3v) is 2.01. The number of hydrogen-bond donors (Lipinski definition) is 3. The number of rotatable bonds is 0. The Morgan fingerprint density at radius 3 is 2.93 bits per heavy atom. The van der Waals surface area contributed by atoms with Crippen molar-refractivity contribution in [2.24, 2.45) is 0 Å². The highest BCUT2D eigenvalue weighted by atomic mass is 32.1. The first-order valence-electron chi connectivity index (χ1n) is 3.69. The van der Waals surface area contributed by atoms with Gasteiger partial charge in [-0.25, -0.2) is 8.77 Å². The number of nitrogen functional groups attached to an aromatic ring is 1. The van der Waals surface area contributed by atoms with E-state index in [2.05, 4.69) is 22.8 Å². The van der Waals surface area contributed by atoms with Crippen molar-refractivity contribution in [3.05, 3.63) is 33.0 Å². The zero-order valence-corrected chi connectivity index (χ0v) is 7.78. The number of hydrogen-bond acceptors (Lipinski definition) is 5. The normalized spacial score (nSPS) is 10.6. The van der Waals surface area contributed by atoms with Crippen LogP contribution in [0.1, 0.15) is 0 Å². The van der Waals surface area contributed by atoms with Crippen molar-refractivity contribution in [1.29, 1.82) is 0 Å². The minimum atomic E-state index is -0.568. The zero-order valence-electron chi connectivity index (χ0n) is 6.89. The van der Waals surface area contributed by atoms with Crippen LogP contribution in [0.5, 0.6) is 0 Å². The summed E-state index contributed by atoms with van der Waals surface area (Å²) in [5.41, 5.74) is 4.69. The second-order valence-electron chi connectivity index (χ2n) is 2.72. The van der Waals surface area contributed by atoms with Crippen LogP contribution in [0.4, 0.5) is 5.82 Å². The molecule has 7 heteroatoms. The van der Waals surface area contributed by atoms with E-state index in [1.807, 2.05) is 0 Å². The summed E-state index contributed by atoms with van der Waals surface area (Å²) in [6, 6.07) is 1.22. The van der Waals surface area contributed by atoms with Gasteiger partial charge < -0.3 is 10.7 Å². The van der Waals surface area contributed by atoms with Gasteiger partial charge in [-0.15, -0.1) is 0 Å². The average Bonchev–Trinajstić information content (AvgIpc) is 2.08. The Bertz CT molecular complexity index is 615. The maximum atomic E-state index is 11.4. The van der Waals surface area contributed by atoms with Gasteiger partial charge in [-0.3, -0.25) is 4.79 Å². The lowest BCUT2D eigenvalue weighted by Crippen LogP contribution is -2.19. The predicted octanol–water partition coefficient (Wildman–Crippen LogP) is -0.640. The molecular weight excluding hydrogens is 204 g/mol. The predicted molar refractivity (Wildman–Crippen MR) is 55.4 cm³/mol. The van der Waals surface area contributed by atoms with Crippen LogP contribution in [-0.4, -0.2) is 13.9 Å². The van der Waals surface area contributed by atoms with Gasteiger partial charge in [-0.05, 0) is 0 Å². The molecule has 0 atom stereocenters. The number of thiol groups is 1. The van der Waals surface area contributed by atoms with Gasteiger partial charge in [0.05, 0.1) is 5.39 Å². The van der Waals surface area contributed by atoms with Gasteiger partial charge in [-0.1, -0.05) is 12.8 Å². The summed E-state index contributed by atoms with van der Waals surface area (Å²) >= 11 is 3.80. The average molecular weight is 210 g/mol. The van der Waals surface area contributed by atoms with Crippen molar-refractivity contribution in [2.75, 3.05) is 5.73 Å². The molecule has 6 nitrogen and oxygen atoms in total.